The van der Waals surface area contributed by atoms with Gasteiger partial charge in [0, 0.05) is 21.0 Å². The van der Waals surface area contributed by atoms with Crippen LogP contribution in [-0.4, -0.2) is 15.9 Å². The van der Waals surface area contributed by atoms with Crippen molar-refractivity contribution in [2.45, 2.75) is 0 Å². The van der Waals surface area contributed by atoms with Gasteiger partial charge in [0.25, 0.3) is 5.91 Å². The number of hydrogen-bond acceptors (Lipinski definition) is 3. The van der Waals surface area contributed by atoms with Crippen LogP contribution in [0, 0.1) is 3.57 Å². The molecule has 0 bridgehead atoms. The number of anilines is 1. The molecule has 1 N–H and O–H groups in total. The van der Waals surface area contributed by atoms with E-state index in [4.69, 9.17) is 23.2 Å². The highest BCUT2D eigenvalue weighted by Gasteiger charge is 2.13. The van der Waals surface area contributed by atoms with Gasteiger partial charge in [-0.05, 0) is 40.8 Å². The molecule has 2 rings (SSSR count). The minimum absolute atomic E-state index is 0.142. The fourth-order valence-corrected chi connectivity index (χ4v) is 2.16. The highest BCUT2D eigenvalue weighted by molar-refractivity contribution is 14.1. The topological polar surface area (TPSA) is 54.9 Å². The largest absolute Gasteiger partial charge is 0.304 e. The molecule has 1 aromatic carbocycles. The van der Waals surface area contributed by atoms with Gasteiger partial charge in [0.1, 0.15) is 0 Å². The van der Waals surface area contributed by atoms with Crippen molar-refractivity contribution < 1.29 is 4.79 Å². The predicted octanol–water partition coefficient (Wildman–Crippen LogP) is 3.64. The van der Waals surface area contributed by atoms with Gasteiger partial charge in [-0.3, -0.25) is 4.79 Å². The minimum atomic E-state index is -0.329. The van der Waals surface area contributed by atoms with Crippen LogP contribution in [0.4, 0.5) is 5.82 Å². The zero-order chi connectivity index (χ0) is 13.1. The lowest BCUT2D eigenvalue weighted by Gasteiger charge is -2.07. The average molecular weight is 394 g/mol. The van der Waals surface area contributed by atoms with Crippen LogP contribution >= 0.6 is 45.8 Å². The average Bonchev–Trinajstić information content (AvgIpc) is 2.35. The molecule has 0 unspecified atom stereocenters. The smallest absolute Gasteiger partial charge is 0.258 e. The third kappa shape index (κ3) is 3.09. The van der Waals surface area contributed by atoms with Crippen LogP contribution in [0.3, 0.4) is 0 Å². The Hall–Kier alpha value is -0.920. The lowest BCUT2D eigenvalue weighted by Crippen LogP contribution is -2.15. The van der Waals surface area contributed by atoms with E-state index < -0.39 is 0 Å². The highest BCUT2D eigenvalue weighted by Crippen LogP contribution is 2.20. The molecule has 0 atom stereocenters. The lowest BCUT2D eigenvalue weighted by atomic mass is 10.2. The molecule has 0 aliphatic heterocycles. The van der Waals surface area contributed by atoms with E-state index in [0.29, 0.717) is 10.6 Å². The molecule has 0 radical (unpaired) electrons. The Balaban J connectivity index is 2.28. The Kier molecular flexibility index (Phi) is 4.36. The normalized spacial score (nSPS) is 10.2. The standard InChI is InChI=1S/C11H6Cl2IN3O/c12-6-1-2-8(14)7(5-6)11(18)17-10-9(13)15-3-4-16-10/h1-5H,(H,16,17,18). The van der Waals surface area contributed by atoms with Crippen molar-refractivity contribution in [1.29, 1.82) is 0 Å². The number of carbonyl (C=O) groups excluding carboxylic acids is 1. The first-order valence-electron chi connectivity index (χ1n) is 4.81. The number of halogens is 3. The van der Waals surface area contributed by atoms with E-state index in [1.807, 2.05) is 0 Å². The van der Waals surface area contributed by atoms with Crippen molar-refractivity contribution in [3.8, 4) is 0 Å². The number of rotatable bonds is 2. The third-order valence-electron chi connectivity index (χ3n) is 2.06. The summed E-state index contributed by atoms with van der Waals surface area (Å²) in [4.78, 5) is 19.8. The maximum absolute atomic E-state index is 12.0. The van der Waals surface area contributed by atoms with Crippen LogP contribution in [0.25, 0.3) is 0 Å². The maximum Gasteiger partial charge on any atom is 0.258 e. The number of benzene rings is 1. The minimum Gasteiger partial charge on any atom is -0.304 e. The lowest BCUT2D eigenvalue weighted by molar-refractivity contribution is 0.102. The van der Waals surface area contributed by atoms with Crippen LogP contribution < -0.4 is 5.32 Å². The zero-order valence-electron chi connectivity index (χ0n) is 8.82. The van der Waals surface area contributed by atoms with Gasteiger partial charge in [0.15, 0.2) is 11.0 Å². The van der Waals surface area contributed by atoms with E-state index in [-0.39, 0.29) is 16.9 Å². The van der Waals surface area contributed by atoms with Gasteiger partial charge in [-0.2, -0.15) is 0 Å². The van der Waals surface area contributed by atoms with Crippen molar-refractivity contribution in [3.63, 3.8) is 0 Å². The molecule has 0 saturated heterocycles. The Morgan fingerprint density at radius 1 is 1.22 bits per heavy atom. The first-order chi connectivity index (χ1) is 8.58. The van der Waals surface area contributed by atoms with Gasteiger partial charge >= 0.3 is 0 Å². The number of hydrogen-bond donors (Lipinski definition) is 1. The Labute approximate surface area is 127 Å². The third-order valence-corrected chi connectivity index (χ3v) is 3.51. The summed E-state index contributed by atoms with van der Waals surface area (Å²) in [6.07, 6.45) is 2.89. The maximum atomic E-state index is 12.0. The van der Waals surface area contributed by atoms with E-state index in [0.717, 1.165) is 3.57 Å². The van der Waals surface area contributed by atoms with Crippen molar-refractivity contribution >= 4 is 57.5 Å². The molecule has 92 valence electrons. The number of nitrogens with one attached hydrogen (secondary N) is 1. The van der Waals surface area contributed by atoms with Crippen LogP contribution in [0.5, 0.6) is 0 Å². The summed E-state index contributed by atoms with van der Waals surface area (Å²) < 4.78 is 0.787. The second kappa shape index (κ2) is 5.81. The number of aromatic nitrogens is 2. The summed E-state index contributed by atoms with van der Waals surface area (Å²) in [6.45, 7) is 0. The molecule has 1 aromatic heterocycles. The predicted molar refractivity (Wildman–Crippen MR) is 79.2 cm³/mol. The Bertz CT molecular complexity index is 607. The molecule has 4 nitrogen and oxygen atoms in total. The summed E-state index contributed by atoms with van der Waals surface area (Å²) in [5.74, 6) is -0.107. The van der Waals surface area contributed by atoms with E-state index in [1.165, 1.54) is 12.4 Å². The zero-order valence-corrected chi connectivity index (χ0v) is 12.5. The summed E-state index contributed by atoms with van der Waals surface area (Å²) in [7, 11) is 0. The summed E-state index contributed by atoms with van der Waals surface area (Å²) in [6, 6.07) is 5.06. The molecule has 1 heterocycles. The van der Waals surface area contributed by atoms with E-state index in [1.54, 1.807) is 18.2 Å². The van der Waals surface area contributed by atoms with Crippen LogP contribution in [0.1, 0.15) is 10.4 Å². The molecule has 0 aliphatic rings. The fraction of sp³-hybridized carbons (Fsp3) is 0. The van der Waals surface area contributed by atoms with Crippen molar-refractivity contribution in [2.75, 3.05) is 5.32 Å². The van der Waals surface area contributed by atoms with E-state index in [2.05, 4.69) is 37.9 Å². The second-order valence-corrected chi connectivity index (χ2v) is 5.23. The van der Waals surface area contributed by atoms with Crippen LogP contribution in [0.2, 0.25) is 10.2 Å². The molecule has 0 fully saturated rings. The molecule has 7 heteroatoms. The van der Waals surface area contributed by atoms with Gasteiger partial charge in [0.05, 0.1) is 5.56 Å². The summed E-state index contributed by atoms with van der Waals surface area (Å²) in [5, 5.41) is 3.22. The molecule has 0 saturated carbocycles. The Morgan fingerprint density at radius 3 is 2.67 bits per heavy atom. The molecule has 0 spiro atoms. The van der Waals surface area contributed by atoms with E-state index in [9.17, 15) is 4.79 Å². The number of amides is 1. The number of nitrogens with zero attached hydrogens (tertiary/aromatic N) is 2. The molecule has 18 heavy (non-hydrogen) atoms. The second-order valence-electron chi connectivity index (χ2n) is 3.27. The molecule has 2 aromatic rings. The molecular weight excluding hydrogens is 388 g/mol. The summed E-state index contributed by atoms with van der Waals surface area (Å²) in [5.41, 5.74) is 0.463. The Morgan fingerprint density at radius 2 is 1.94 bits per heavy atom. The quantitative estimate of drug-likeness (QED) is 0.792. The summed E-state index contributed by atoms with van der Waals surface area (Å²) >= 11 is 13.7. The first-order valence-corrected chi connectivity index (χ1v) is 6.64. The molecule has 0 aliphatic carbocycles. The van der Waals surface area contributed by atoms with Crippen molar-refractivity contribution in [2.24, 2.45) is 0 Å². The SMILES string of the molecule is O=C(Nc1nccnc1Cl)c1cc(Cl)ccc1I. The van der Waals surface area contributed by atoms with Crippen LogP contribution in [0.15, 0.2) is 30.6 Å². The van der Waals surface area contributed by atoms with Gasteiger partial charge in [-0.25, -0.2) is 9.97 Å². The number of carbonyl (C=O) groups is 1. The van der Waals surface area contributed by atoms with Gasteiger partial charge in [-0.1, -0.05) is 23.2 Å². The van der Waals surface area contributed by atoms with Gasteiger partial charge in [0.2, 0.25) is 0 Å². The van der Waals surface area contributed by atoms with E-state index >= 15 is 0 Å². The molecular formula is C11H6Cl2IN3O. The highest BCUT2D eigenvalue weighted by atomic mass is 127. The van der Waals surface area contributed by atoms with Crippen molar-refractivity contribution in [1.82, 2.24) is 9.97 Å². The monoisotopic (exact) mass is 393 g/mol. The van der Waals surface area contributed by atoms with Gasteiger partial charge < -0.3 is 5.32 Å². The van der Waals surface area contributed by atoms with Gasteiger partial charge in [-0.15, -0.1) is 0 Å². The van der Waals surface area contributed by atoms with Crippen molar-refractivity contribution in [3.05, 3.63) is 49.9 Å². The first kappa shape index (κ1) is 13.5. The fourth-order valence-electron chi connectivity index (χ4n) is 1.25. The molecule has 1 amide bonds. The van der Waals surface area contributed by atoms with Crippen LogP contribution in [-0.2, 0) is 0 Å².